The Balaban J connectivity index is 2.13. The van der Waals surface area contributed by atoms with Crippen LogP contribution in [0.4, 0.5) is 5.82 Å². The number of fused-ring (bicyclic) bond motifs is 1. The number of hydrogen-bond donors (Lipinski definition) is 3. The van der Waals surface area contributed by atoms with E-state index in [-0.39, 0.29) is 6.54 Å². The summed E-state index contributed by atoms with van der Waals surface area (Å²) >= 11 is 7.12. The zero-order chi connectivity index (χ0) is 18.0. The Labute approximate surface area is 161 Å². The summed E-state index contributed by atoms with van der Waals surface area (Å²) in [7, 11) is 0. The van der Waals surface area contributed by atoms with Crippen molar-refractivity contribution in [3.05, 3.63) is 62.3 Å². The van der Waals surface area contributed by atoms with Gasteiger partial charge in [0.05, 0.1) is 16.7 Å². The van der Waals surface area contributed by atoms with Gasteiger partial charge in [0.2, 0.25) is 0 Å². The SMILES string of the molecule is Cc1c(Br)cc(Br)c2nc(NCC(=O)NO)c(Cc3ccccc3)n12. The summed E-state index contributed by atoms with van der Waals surface area (Å²) in [5, 5.41) is 11.7. The molecule has 3 N–H and O–H groups in total. The largest absolute Gasteiger partial charge is 0.359 e. The highest BCUT2D eigenvalue weighted by Crippen LogP contribution is 2.31. The first-order valence-corrected chi connectivity index (χ1v) is 9.16. The average molecular weight is 468 g/mol. The Morgan fingerprint density at radius 1 is 1.24 bits per heavy atom. The molecule has 0 aliphatic heterocycles. The first-order valence-electron chi connectivity index (χ1n) is 7.58. The maximum atomic E-state index is 11.4. The van der Waals surface area contributed by atoms with Gasteiger partial charge in [-0.05, 0) is 50.4 Å². The molecule has 3 rings (SSSR count). The number of carbonyl (C=O) groups excluding carboxylic acids is 1. The summed E-state index contributed by atoms with van der Waals surface area (Å²) in [5.74, 6) is 0.0778. The summed E-state index contributed by atoms with van der Waals surface area (Å²) in [5.41, 5.74) is 5.46. The molecule has 0 spiro atoms. The molecule has 6 nitrogen and oxygen atoms in total. The van der Waals surface area contributed by atoms with Crippen LogP contribution < -0.4 is 10.8 Å². The summed E-state index contributed by atoms with van der Waals surface area (Å²) in [6.07, 6.45) is 0.648. The van der Waals surface area contributed by atoms with E-state index >= 15 is 0 Å². The fourth-order valence-electron chi connectivity index (χ4n) is 2.66. The molecule has 0 fully saturated rings. The molecule has 0 saturated carbocycles. The van der Waals surface area contributed by atoms with Crippen molar-refractivity contribution in [1.29, 1.82) is 0 Å². The van der Waals surface area contributed by atoms with E-state index in [1.807, 2.05) is 43.3 Å². The van der Waals surface area contributed by atoms with Gasteiger partial charge in [-0.3, -0.25) is 14.4 Å². The Hall–Kier alpha value is -1.90. The van der Waals surface area contributed by atoms with Crippen molar-refractivity contribution < 1.29 is 10.0 Å². The van der Waals surface area contributed by atoms with Gasteiger partial charge >= 0.3 is 0 Å². The highest BCUT2D eigenvalue weighted by Gasteiger charge is 2.18. The lowest BCUT2D eigenvalue weighted by atomic mass is 10.1. The van der Waals surface area contributed by atoms with Gasteiger partial charge in [0.1, 0.15) is 5.82 Å². The Morgan fingerprint density at radius 2 is 1.96 bits per heavy atom. The Bertz CT molecular complexity index is 926. The fourth-order valence-corrected chi connectivity index (χ4v) is 3.87. The second-order valence-corrected chi connectivity index (χ2v) is 7.25. The molecule has 2 aromatic heterocycles. The quantitative estimate of drug-likeness (QED) is 0.395. The molecule has 1 amide bonds. The van der Waals surface area contributed by atoms with Gasteiger partial charge in [0.15, 0.2) is 5.65 Å². The van der Waals surface area contributed by atoms with Crippen molar-refractivity contribution >= 4 is 49.2 Å². The molecular formula is C17H16Br2N4O2. The van der Waals surface area contributed by atoms with Crippen LogP contribution in [-0.4, -0.2) is 27.0 Å². The highest BCUT2D eigenvalue weighted by atomic mass is 79.9. The number of hydrogen-bond acceptors (Lipinski definition) is 4. The van der Waals surface area contributed by atoms with Crippen LogP contribution in [0, 0.1) is 6.92 Å². The van der Waals surface area contributed by atoms with Gasteiger partial charge in [-0.25, -0.2) is 10.5 Å². The molecule has 0 radical (unpaired) electrons. The Kier molecular flexibility index (Phi) is 5.41. The molecule has 0 unspecified atom stereocenters. The van der Waals surface area contributed by atoms with Crippen LogP contribution in [0.25, 0.3) is 5.65 Å². The van der Waals surface area contributed by atoms with Crippen LogP contribution in [0.15, 0.2) is 45.3 Å². The van der Waals surface area contributed by atoms with Crippen molar-refractivity contribution in [2.75, 3.05) is 11.9 Å². The van der Waals surface area contributed by atoms with Crippen molar-refractivity contribution in [2.24, 2.45) is 0 Å². The maximum absolute atomic E-state index is 11.4. The maximum Gasteiger partial charge on any atom is 0.262 e. The molecule has 1 aromatic carbocycles. The number of aryl methyl sites for hydroxylation is 1. The minimum absolute atomic E-state index is 0.0694. The van der Waals surface area contributed by atoms with Crippen LogP contribution in [0.3, 0.4) is 0 Å². The number of aromatic nitrogens is 2. The van der Waals surface area contributed by atoms with Gasteiger partial charge in [-0.2, -0.15) is 0 Å². The summed E-state index contributed by atoms with van der Waals surface area (Å²) in [6, 6.07) is 12.0. The topological polar surface area (TPSA) is 78.7 Å². The number of amides is 1. The second-order valence-electron chi connectivity index (χ2n) is 5.54. The molecule has 0 saturated heterocycles. The van der Waals surface area contributed by atoms with Crippen LogP contribution in [-0.2, 0) is 11.2 Å². The standard InChI is InChI=1S/C17H16Br2N4O2/c1-10-12(18)8-13(19)17-21-16(20-9-15(24)22-25)14(23(10)17)7-11-5-3-2-4-6-11/h2-6,8,20,25H,7,9H2,1H3,(H,22,24). The summed E-state index contributed by atoms with van der Waals surface area (Å²) in [6.45, 7) is 1.93. The molecule has 0 atom stereocenters. The van der Waals surface area contributed by atoms with Gasteiger partial charge in [0, 0.05) is 16.6 Å². The molecule has 2 heterocycles. The van der Waals surface area contributed by atoms with E-state index in [0.717, 1.165) is 31.5 Å². The fraction of sp³-hybridized carbons (Fsp3) is 0.176. The van der Waals surface area contributed by atoms with E-state index in [2.05, 4.69) is 46.6 Å². The highest BCUT2D eigenvalue weighted by molar-refractivity contribution is 9.11. The van der Waals surface area contributed by atoms with Gasteiger partial charge in [-0.1, -0.05) is 30.3 Å². The summed E-state index contributed by atoms with van der Waals surface area (Å²) in [4.78, 5) is 16.0. The van der Waals surface area contributed by atoms with E-state index in [4.69, 9.17) is 5.21 Å². The number of rotatable bonds is 5. The third-order valence-electron chi connectivity index (χ3n) is 3.88. The van der Waals surface area contributed by atoms with E-state index in [0.29, 0.717) is 12.2 Å². The monoisotopic (exact) mass is 466 g/mol. The number of anilines is 1. The number of carbonyl (C=O) groups is 1. The van der Waals surface area contributed by atoms with E-state index in [9.17, 15) is 4.79 Å². The van der Waals surface area contributed by atoms with Gasteiger partial charge in [-0.15, -0.1) is 0 Å². The molecule has 8 heteroatoms. The lowest BCUT2D eigenvalue weighted by Crippen LogP contribution is -2.27. The Morgan fingerprint density at radius 3 is 2.64 bits per heavy atom. The van der Waals surface area contributed by atoms with Crippen molar-refractivity contribution in [3.8, 4) is 0 Å². The predicted molar refractivity (Wildman–Crippen MR) is 103 cm³/mol. The minimum atomic E-state index is -0.528. The molecule has 3 aromatic rings. The number of halogens is 2. The van der Waals surface area contributed by atoms with Crippen LogP contribution in [0.1, 0.15) is 17.0 Å². The van der Waals surface area contributed by atoms with E-state index in [1.165, 1.54) is 0 Å². The van der Waals surface area contributed by atoms with Crippen LogP contribution in [0.2, 0.25) is 0 Å². The number of imidazole rings is 1. The molecule has 0 bridgehead atoms. The second kappa shape index (κ2) is 7.55. The van der Waals surface area contributed by atoms with Crippen LogP contribution in [0.5, 0.6) is 0 Å². The third kappa shape index (κ3) is 3.70. The lowest BCUT2D eigenvalue weighted by Gasteiger charge is -2.10. The number of hydroxylamine groups is 1. The smallest absolute Gasteiger partial charge is 0.262 e. The summed E-state index contributed by atoms with van der Waals surface area (Å²) < 4.78 is 3.86. The number of pyridine rings is 1. The number of nitrogens with zero attached hydrogens (tertiary/aromatic N) is 2. The zero-order valence-electron chi connectivity index (χ0n) is 13.4. The molecular weight excluding hydrogens is 452 g/mol. The normalized spacial score (nSPS) is 10.9. The number of benzene rings is 1. The van der Waals surface area contributed by atoms with Gasteiger partial charge in [0.25, 0.3) is 5.91 Å². The number of nitrogens with one attached hydrogen (secondary N) is 2. The first-order chi connectivity index (χ1) is 12.0. The van der Waals surface area contributed by atoms with E-state index in [1.54, 1.807) is 5.48 Å². The zero-order valence-corrected chi connectivity index (χ0v) is 16.6. The van der Waals surface area contributed by atoms with Crippen LogP contribution >= 0.6 is 31.9 Å². The molecule has 0 aliphatic rings. The third-order valence-corrected chi connectivity index (χ3v) is 5.26. The average Bonchev–Trinajstić information content (AvgIpc) is 2.97. The lowest BCUT2D eigenvalue weighted by molar-refractivity contribution is -0.127. The van der Waals surface area contributed by atoms with E-state index < -0.39 is 5.91 Å². The molecule has 25 heavy (non-hydrogen) atoms. The molecule has 0 aliphatic carbocycles. The molecule has 130 valence electrons. The van der Waals surface area contributed by atoms with Gasteiger partial charge < -0.3 is 5.32 Å². The van der Waals surface area contributed by atoms with Crippen molar-refractivity contribution in [3.63, 3.8) is 0 Å². The van der Waals surface area contributed by atoms with Crippen molar-refractivity contribution in [1.82, 2.24) is 14.9 Å². The van der Waals surface area contributed by atoms with Crippen molar-refractivity contribution in [2.45, 2.75) is 13.3 Å². The minimum Gasteiger partial charge on any atom is -0.359 e. The first kappa shape index (κ1) is 17.9. The predicted octanol–water partition coefficient (Wildman–Crippen LogP) is 3.68.